The summed E-state index contributed by atoms with van der Waals surface area (Å²) in [5.41, 5.74) is 0. The van der Waals surface area contributed by atoms with Gasteiger partial charge in [-0.05, 0) is 18.5 Å². The molecule has 0 saturated heterocycles. The van der Waals surface area contributed by atoms with Crippen LogP contribution in [0.3, 0.4) is 0 Å². The Balaban J connectivity index is 5.73. The summed E-state index contributed by atoms with van der Waals surface area (Å²) in [5.74, 6) is -25.4. The monoisotopic (exact) mass is 352 g/mol. The molecule has 0 rings (SSSR count). The third-order valence-electron chi connectivity index (χ3n) is 1.98. The second-order valence-electron chi connectivity index (χ2n) is 3.47. The van der Waals surface area contributed by atoms with Crippen LogP contribution in [0.4, 0.5) is 39.5 Å². The number of hydrogen-bond donors (Lipinski definition) is 0. The lowest BCUT2D eigenvalue weighted by molar-refractivity contribution is -0.341. The van der Waals surface area contributed by atoms with Gasteiger partial charge in [0.05, 0.1) is 12.7 Å². The van der Waals surface area contributed by atoms with Gasteiger partial charge in [-0.25, -0.2) is 9.18 Å². The lowest BCUT2D eigenvalue weighted by Crippen LogP contribution is -2.60. The van der Waals surface area contributed by atoms with Crippen LogP contribution in [0.5, 0.6) is 0 Å². The number of halogens is 10. The van der Waals surface area contributed by atoms with Crippen LogP contribution in [0, 0.1) is 0 Å². The maximum absolute atomic E-state index is 12.9. The Morgan fingerprint density at radius 3 is 1.81 bits per heavy atom. The number of rotatable bonds is 6. The van der Waals surface area contributed by atoms with Gasteiger partial charge in [-0.3, -0.25) is 0 Å². The molecular formula is C9H6ClF9O2. The molecule has 0 heterocycles. The lowest BCUT2D eigenvalue weighted by atomic mass is 10.0. The van der Waals surface area contributed by atoms with E-state index in [9.17, 15) is 44.3 Å². The molecule has 0 radical (unpaired) electrons. The molecule has 2 nitrogen and oxygen atoms in total. The van der Waals surface area contributed by atoms with Crippen molar-refractivity contribution in [2.45, 2.75) is 30.1 Å². The first-order chi connectivity index (χ1) is 9.13. The van der Waals surface area contributed by atoms with Crippen molar-refractivity contribution in [2.24, 2.45) is 0 Å². The highest BCUT2D eigenvalue weighted by atomic mass is 35.5. The van der Waals surface area contributed by atoms with Crippen LogP contribution in [0.1, 0.15) is 6.92 Å². The first-order valence-corrected chi connectivity index (χ1v) is 5.25. The Labute approximate surface area is 116 Å². The molecule has 0 fully saturated rings. The van der Waals surface area contributed by atoms with Gasteiger partial charge in [0, 0.05) is 0 Å². The number of ether oxygens (including phenoxy) is 1. The van der Waals surface area contributed by atoms with Crippen LogP contribution >= 0.6 is 11.6 Å². The first kappa shape index (κ1) is 19.9. The van der Waals surface area contributed by atoms with E-state index >= 15 is 0 Å². The number of carbonyl (C=O) groups excluding carboxylic acids is 1. The van der Waals surface area contributed by atoms with E-state index in [1.165, 1.54) is 0 Å². The average Bonchev–Trinajstić information content (AvgIpc) is 2.26. The Bertz CT molecular complexity index is 427. The lowest BCUT2D eigenvalue weighted by Gasteiger charge is -2.33. The highest BCUT2D eigenvalue weighted by Crippen LogP contribution is 2.56. The zero-order valence-corrected chi connectivity index (χ0v) is 10.6. The normalized spacial score (nSPS) is 15.1. The molecule has 124 valence electrons. The number of allylic oxidation sites excluding steroid dienone is 1. The Morgan fingerprint density at radius 2 is 1.48 bits per heavy atom. The summed E-state index contributed by atoms with van der Waals surface area (Å²) in [7, 11) is 0. The summed E-state index contributed by atoms with van der Waals surface area (Å²) in [5, 5.41) is -6.09. The minimum Gasteiger partial charge on any atom is -0.463 e. The van der Waals surface area contributed by atoms with Crippen molar-refractivity contribution >= 4 is 17.6 Å². The van der Waals surface area contributed by atoms with Crippen LogP contribution < -0.4 is 0 Å². The number of alkyl halides is 9. The van der Waals surface area contributed by atoms with Crippen molar-refractivity contribution in [3.05, 3.63) is 11.9 Å². The van der Waals surface area contributed by atoms with Crippen molar-refractivity contribution in [2.75, 3.05) is 6.61 Å². The van der Waals surface area contributed by atoms with E-state index in [0.29, 0.717) is 0 Å². The Hall–Kier alpha value is -1.13. The van der Waals surface area contributed by atoms with Crippen LogP contribution in [0.15, 0.2) is 11.9 Å². The van der Waals surface area contributed by atoms with Gasteiger partial charge in [0.15, 0.2) is 5.83 Å². The molecule has 0 aromatic carbocycles. The minimum absolute atomic E-state index is 0.472. The standard InChI is InChI=1S/C9H6ClF9O2/c1-2-21-5(20)3-4(11)6(12,13)7(14,15)8(16,17)9(10,18)19/h3H,2H2,1H3. The SMILES string of the molecule is CCOC(=O)C=C(F)C(F)(F)C(F)(F)C(F)(F)C(F)(F)Cl. The third kappa shape index (κ3) is 3.55. The fourth-order valence-electron chi connectivity index (χ4n) is 0.903. The second kappa shape index (κ2) is 5.93. The molecule has 21 heavy (non-hydrogen) atoms. The molecule has 0 aliphatic carbocycles. The molecule has 0 N–H and O–H groups in total. The van der Waals surface area contributed by atoms with Gasteiger partial charge in [0.2, 0.25) is 0 Å². The summed E-state index contributed by atoms with van der Waals surface area (Å²) in [4.78, 5) is 10.6. The molecule has 0 aliphatic heterocycles. The predicted octanol–water partition coefficient (Wildman–Crippen LogP) is 4.14. The summed E-state index contributed by atoms with van der Waals surface area (Å²) in [6, 6.07) is 0. The van der Waals surface area contributed by atoms with E-state index in [0.717, 1.165) is 6.92 Å². The van der Waals surface area contributed by atoms with E-state index in [2.05, 4.69) is 16.3 Å². The number of carbonyl (C=O) groups is 1. The number of esters is 1. The fourth-order valence-corrected chi connectivity index (χ4v) is 1.02. The first-order valence-electron chi connectivity index (χ1n) is 4.87. The van der Waals surface area contributed by atoms with Crippen LogP contribution in [0.25, 0.3) is 0 Å². The predicted molar refractivity (Wildman–Crippen MR) is 51.5 cm³/mol. The molecule has 0 atom stereocenters. The highest BCUT2D eigenvalue weighted by Gasteiger charge is 2.81. The molecule has 12 heteroatoms. The molecule has 0 amide bonds. The van der Waals surface area contributed by atoms with Gasteiger partial charge >= 0.3 is 29.1 Å². The van der Waals surface area contributed by atoms with Crippen molar-refractivity contribution in [3.8, 4) is 0 Å². The van der Waals surface area contributed by atoms with Crippen molar-refractivity contribution in [3.63, 3.8) is 0 Å². The van der Waals surface area contributed by atoms with Gasteiger partial charge in [0.1, 0.15) is 0 Å². The van der Waals surface area contributed by atoms with Crippen LogP contribution in [0.2, 0.25) is 0 Å². The molecular weight excluding hydrogens is 347 g/mol. The van der Waals surface area contributed by atoms with Crippen LogP contribution in [-0.2, 0) is 9.53 Å². The summed E-state index contributed by atoms with van der Waals surface area (Å²) in [6.07, 6.45) is -0.861. The van der Waals surface area contributed by atoms with Gasteiger partial charge in [-0.1, -0.05) is 0 Å². The maximum atomic E-state index is 12.9. The van der Waals surface area contributed by atoms with E-state index in [1.807, 2.05) is 0 Å². The van der Waals surface area contributed by atoms with Gasteiger partial charge in [-0.15, -0.1) is 0 Å². The summed E-state index contributed by atoms with van der Waals surface area (Å²) >= 11 is 3.65. The second-order valence-corrected chi connectivity index (χ2v) is 3.94. The maximum Gasteiger partial charge on any atom is 0.393 e. The average molecular weight is 353 g/mol. The summed E-state index contributed by atoms with van der Waals surface area (Å²) < 4.78 is 118. The quantitative estimate of drug-likeness (QED) is 0.311. The summed E-state index contributed by atoms with van der Waals surface area (Å²) in [6.45, 7) is 0.666. The number of hydrogen-bond acceptors (Lipinski definition) is 2. The Kier molecular flexibility index (Phi) is 5.61. The van der Waals surface area contributed by atoms with E-state index in [1.54, 1.807) is 0 Å². The van der Waals surface area contributed by atoms with Crippen molar-refractivity contribution < 1.29 is 49.0 Å². The van der Waals surface area contributed by atoms with Crippen molar-refractivity contribution in [1.29, 1.82) is 0 Å². The van der Waals surface area contributed by atoms with Gasteiger partial charge < -0.3 is 4.74 Å². The van der Waals surface area contributed by atoms with Gasteiger partial charge in [-0.2, -0.15) is 35.1 Å². The molecule has 0 aromatic heterocycles. The largest absolute Gasteiger partial charge is 0.463 e. The minimum atomic E-state index is -6.92. The molecule has 0 bridgehead atoms. The fraction of sp³-hybridized carbons (Fsp3) is 0.667. The highest BCUT2D eigenvalue weighted by molar-refractivity contribution is 6.22. The zero-order valence-electron chi connectivity index (χ0n) is 9.88. The molecule has 0 saturated carbocycles. The molecule has 0 aromatic rings. The third-order valence-corrected chi connectivity index (χ3v) is 2.21. The Morgan fingerprint density at radius 1 is 1.05 bits per heavy atom. The smallest absolute Gasteiger partial charge is 0.393 e. The van der Waals surface area contributed by atoms with E-state index < -0.39 is 47.6 Å². The van der Waals surface area contributed by atoms with Gasteiger partial charge in [0.25, 0.3) is 0 Å². The topological polar surface area (TPSA) is 26.3 Å². The zero-order chi connectivity index (χ0) is 17.3. The van der Waals surface area contributed by atoms with E-state index in [-0.39, 0.29) is 0 Å². The molecule has 0 aliphatic rings. The van der Waals surface area contributed by atoms with Crippen LogP contribution in [-0.4, -0.2) is 35.7 Å². The molecule has 0 spiro atoms. The van der Waals surface area contributed by atoms with Crippen molar-refractivity contribution in [1.82, 2.24) is 0 Å². The molecule has 0 unspecified atom stereocenters. The van der Waals surface area contributed by atoms with E-state index in [4.69, 9.17) is 0 Å².